The number of ether oxygens (including phenoxy) is 1. The van der Waals surface area contributed by atoms with Gasteiger partial charge in [0, 0.05) is 11.9 Å². The Labute approximate surface area is 137 Å². The number of hydrogen-bond donors (Lipinski definition) is 3. The predicted octanol–water partition coefficient (Wildman–Crippen LogP) is -0.0246. The Balaban J connectivity index is 1.74. The molecule has 0 atom stereocenters. The second kappa shape index (κ2) is 8.33. The molecule has 0 aliphatic heterocycles. The summed E-state index contributed by atoms with van der Waals surface area (Å²) in [7, 11) is 0. The number of amides is 2. The smallest absolute Gasteiger partial charge is 0.308 e. The summed E-state index contributed by atoms with van der Waals surface area (Å²) in [5.41, 5.74) is 1.01. The van der Waals surface area contributed by atoms with E-state index in [1.54, 1.807) is 12.1 Å². The summed E-state index contributed by atoms with van der Waals surface area (Å²) < 4.78 is 4.75. The summed E-state index contributed by atoms with van der Waals surface area (Å²) in [6.07, 6.45) is 4.92. The van der Waals surface area contributed by atoms with Gasteiger partial charge in [-0.1, -0.05) is 24.1 Å². The molecule has 0 unspecified atom stereocenters. The van der Waals surface area contributed by atoms with Crippen LogP contribution in [0.15, 0.2) is 24.3 Å². The Kier molecular flexibility index (Phi) is 5.91. The number of esters is 1. The molecule has 2 rings (SSSR count). The molecule has 124 valence electrons. The maximum absolute atomic E-state index is 12.1. The van der Waals surface area contributed by atoms with Crippen molar-refractivity contribution in [2.45, 2.75) is 6.42 Å². The van der Waals surface area contributed by atoms with Gasteiger partial charge in [0.1, 0.15) is 0 Å². The molecule has 0 bridgehead atoms. The zero-order chi connectivity index (χ0) is 17.4. The van der Waals surface area contributed by atoms with Crippen LogP contribution in [0, 0.1) is 12.3 Å². The van der Waals surface area contributed by atoms with Gasteiger partial charge in [-0.05, 0) is 6.07 Å². The fourth-order valence-corrected chi connectivity index (χ4v) is 1.92. The van der Waals surface area contributed by atoms with E-state index in [1.165, 1.54) is 0 Å². The van der Waals surface area contributed by atoms with Crippen LogP contribution in [0.2, 0.25) is 0 Å². The van der Waals surface area contributed by atoms with Gasteiger partial charge in [0.05, 0.1) is 18.5 Å². The number of hydrogen-bond acceptors (Lipinski definition) is 5. The maximum atomic E-state index is 12.1. The minimum atomic E-state index is -0.599. The maximum Gasteiger partial charge on any atom is 0.308 e. The molecule has 8 nitrogen and oxygen atoms in total. The first kappa shape index (κ1) is 17.0. The van der Waals surface area contributed by atoms with Crippen LogP contribution < -0.4 is 10.6 Å². The number of carbonyl (C=O) groups is 3. The lowest BCUT2D eigenvalue weighted by Crippen LogP contribution is -2.30. The highest BCUT2D eigenvalue weighted by atomic mass is 16.5. The van der Waals surface area contributed by atoms with Gasteiger partial charge in [0.2, 0.25) is 0 Å². The molecule has 1 aromatic carbocycles. The molecule has 0 saturated heterocycles. The molecule has 8 heteroatoms. The van der Waals surface area contributed by atoms with Crippen molar-refractivity contribution in [2.75, 3.05) is 19.7 Å². The molecule has 0 spiro atoms. The number of para-hydroxylation sites is 1. The lowest BCUT2D eigenvalue weighted by atomic mass is 10.2. The summed E-state index contributed by atoms with van der Waals surface area (Å²) in [4.78, 5) is 34.7. The minimum Gasteiger partial charge on any atom is -0.456 e. The molecule has 0 radical (unpaired) electrons. The van der Waals surface area contributed by atoms with Gasteiger partial charge in [-0.25, -0.2) is 0 Å². The second-order valence-electron chi connectivity index (χ2n) is 4.77. The van der Waals surface area contributed by atoms with Crippen LogP contribution in [-0.2, 0) is 14.3 Å². The zero-order valence-electron chi connectivity index (χ0n) is 12.8. The highest BCUT2D eigenvalue weighted by Gasteiger charge is 2.14. The van der Waals surface area contributed by atoms with Crippen molar-refractivity contribution in [2.24, 2.45) is 0 Å². The Bertz CT molecular complexity index is 791. The van der Waals surface area contributed by atoms with E-state index in [0.717, 1.165) is 5.52 Å². The van der Waals surface area contributed by atoms with Gasteiger partial charge < -0.3 is 15.4 Å². The van der Waals surface area contributed by atoms with Crippen LogP contribution in [0.4, 0.5) is 0 Å². The fourth-order valence-electron chi connectivity index (χ4n) is 1.92. The van der Waals surface area contributed by atoms with Gasteiger partial charge in [-0.15, -0.1) is 6.42 Å². The molecular formula is C16H16N4O4. The predicted molar refractivity (Wildman–Crippen MR) is 85.8 cm³/mol. The van der Waals surface area contributed by atoms with Crippen molar-refractivity contribution in [1.29, 1.82) is 0 Å². The van der Waals surface area contributed by atoms with Crippen LogP contribution in [0.5, 0.6) is 0 Å². The fraction of sp³-hybridized carbons (Fsp3) is 0.250. The third-order valence-electron chi connectivity index (χ3n) is 3.05. The van der Waals surface area contributed by atoms with E-state index in [-0.39, 0.29) is 25.2 Å². The number of nitrogens with one attached hydrogen (secondary N) is 3. The lowest BCUT2D eigenvalue weighted by molar-refractivity contribution is -0.148. The van der Waals surface area contributed by atoms with Gasteiger partial charge in [-0.2, -0.15) is 5.10 Å². The number of carbonyl (C=O) groups excluding carboxylic acids is 3. The van der Waals surface area contributed by atoms with E-state index in [9.17, 15) is 14.4 Å². The van der Waals surface area contributed by atoms with Crippen LogP contribution in [0.1, 0.15) is 16.9 Å². The first-order chi connectivity index (χ1) is 11.6. The van der Waals surface area contributed by atoms with E-state index in [0.29, 0.717) is 5.39 Å². The third-order valence-corrected chi connectivity index (χ3v) is 3.05. The third kappa shape index (κ3) is 4.58. The molecule has 1 aromatic heterocycles. The van der Waals surface area contributed by atoms with Crippen LogP contribution in [0.25, 0.3) is 10.9 Å². The number of benzene rings is 1. The van der Waals surface area contributed by atoms with Gasteiger partial charge in [0.15, 0.2) is 12.3 Å². The first-order valence-corrected chi connectivity index (χ1v) is 7.19. The van der Waals surface area contributed by atoms with E-state index < -0.39 is 24.4 Å². The van der Waals surface area contributed by atoms with Crippen LogP contribution in [-0.4, -0.2) is 47.7 Å². The topological polar surface area (TPSA) is 113 Å². The van der Waals surface area contributed by atoms with Crippen molar-refractivity contribution in [3.8, 4) is 12.3 Å². The highest BCUT2D eigenvalue weighted by Crippen LogP contribution is 2.14. The highest BCUT2D eigenvalue weighted by molar-refractivity contribution is 6.04. The number of aromatic nitrogens is 2. The van der Waals surface area contributed by atoms with Gasteiger partial charge in [0.25, 0.3) is 11.8 Å². The number of nitrogens with zero attached hydrogens (tertiary/aromatic N) is 1. The molecule has 0 aliphatic rings. The lowest BCUT2D eigenvalue weighted by Gasteiger charge is -2.05. The Morgan fingerprint density at radius 2 is 2.04 bits per heavy atom. The van der Waals surface area contributed by atoms with Crippen molar-refractivity contribution >= 4 is 28.7 Å². The standard InChI is InChI=1S/C16H16N4O4/c1-2-8-17-13(21)10-24-14(22)7-9-18-16(23)15-11-5-3-4-6-12(11)19-20-15/h1,3-6H,7-10H2,(H,17,21)(H,18,23)(H,19,20). The monoisotopic (exact) mass is 328 g/mol. The number of fused-ring (bicyclic) bond motifs is 1. The van der Waals surface area contributed by atoms with E-state index in [4.69, 9.17) is 11.2 Å². The average Bonchev–Trinajstić information content (AvgIpc) is 3.02. The van der Waals surface area contributed by atoms with Crippen LogP contribution in [0.3, 0.4) is 0 Å². The quantitative estimate of drug-likeness (QED) is 0.488. The van der Waals surface area contributed by atoms with Gasteiger partial charge >= 0.3 is 5.97 Å². The molecule has 3 N–H and O–H groups in total. The summed E-state index contributed by atoms with van der Waals surface area (Å²) in [5.74, 6) is 0.757. The number of terminal acetylenes is 1. The zero-order valence-corrected chi connectivity index (χ0v) is 12.8. The van der Waals surface area contributed by atoms with Crippen molar-refractivity contribution < 1.29 is 19.1 Å². The Morgan fingerprint density at radius 3 is 2.83 bits per heavy atom. The first-order valence-electron chi connectivity index (χ1n) is 7.19. The molecule has 1 heterocycles. The molecular weight excluding hydrogens is 312 g/mol. The number of aromatic amines is 1. The molecule has 2 aromatic rings. The van der Waals surface area contributed by atoms with E-state index in [2.05, 4.69) is 26.8 Å². The van der Waals surface area contributed by atoms with Gasteiger partial charge in [-0.3, -0.25) is 19.5 Å². The molecule has 2 amide bonds. The molecule has 0 saturated carbocycles. The van der Waals surface area contributed by atoms with E-state index in [1.807, 2.05) is 12.1 Å². The molecule has 0 fully saturated rings. The normalized spacial score (nSPS) is 9.96. The number of rotatable bonds is 7. The number of H-pyrrole nitrogens is 1. The van der Waals surface area contributed by atoms with Crippen molar-refractivity contribution in [1.82, 2.24) is 20.8 Å². The Morgan fingerprint density at radius 1 is 1.25 bits per heavy atom. The summed E-state index contributed by atoms with van der Waals surface area (Å²) in [5, 5.41) is 12.4. The average molecular weight is 328 g/mol. The SMILES string of the molecule is C#CCNC(=O)COC(=O)CCNC(=O)c1n[nH]c2ccccc12. The molecule has 24 heavy (non-hydrogen) atoms. The summed E-state index contributed by atoms with van der Waals surface area (Å²) >= 11 is 0. The summed E-state index contributed by atoms with van der Waals surface area (Å²) in [6, 6.07) is 7.22. The summed E-state index contributed by atoms with van der Waals surface area (Å²) in [6.45, 7) is -0.257. The van der Waals surface area contributed by atoms with Crippen molar-refractivity contribution in [3.05, 3.63) is 30.0 Å². The largest absolute Gasteiger partial charge is 0.456 e. The van der Waals surface area contributed by atoms with Crippen molar-refractivity contribution in [3.63, 3.8) is 0 Å². The second-order valence-corrected chi connectivity index (χ2v) is 4.77. The van der Waals surface area contributed by atoms with Crippen LogP contribution >= 0.6 is 0 Å². The minimum absolute atomic E-state index is 0.0590. The molecule has 0 aliphatic carbocycles. The Hall–Kier alpha value is -3.34. The van der Waals surface area contributed by atoms with E-state index >= 15 is 0 Å².